The molecule has 12 heteroatoms. The Balaban J connectivity index is 1.57. The Kier molecular flexibility index (Phi) is 7.45. The minimum absolute atomic E-state index is 0.0836. The number of thiazole rings is 1. The van der Waals surface area contributed by atoms with Crippen molar-refractivity contribution in [3.05, 3.63) is 27.9 Å². The molecule has 3 heterocycles. The van der Waals surface area contributed by atoms with E-state index >= 15 is 0 Å². The molecule has 0 aliphatic carbocycles. The van der Waals surface area contributed by atoms with Gasteiger partial charge in [-0.3, -0.25) is 14.2 Å². The summed E-state index contributed by atoms with van der Waals surface area (Å²) in [7, 11) is 0. The third-order valence-corrected chi connectivity index (χ3v) is 5.79. The highest BCUT2D eigenvalue weighted by Crippen LogP contribution is 2.27. The number of carbonyl (C=O) groups excluding carboxylic acids is 2. The van der Waals surface area contributed by atoms with E-state index < -0.39 is 0 Å². The fourth-order valence-corrected chi connectivity index (χ4v) is 4.22. The number of nitrogens with one attached hydrogen (secondary N) is 1. The summed E-state index contributed by atoms with van der Waals surface area (Å²) < 4.78 is 12.9. The maximum absolute atomic E-state index is 12.3. The lowest BCUT2D eigenvalue weighted by Crippen LogP contribution is -2.15. The Bertz CT molecular complexity index is 1000. The summed E-state index contributed by atoms with van der Waals surface area (Å²) in [5.74, 6) is 0.779. The van der Waals surface area contributed by atoms with E-state index in [1.165, 1.54) is 23.1 Å². The minimum atomic E-state index is -0.343. The second-order valence-corrected chi connectivity index (χ2v) is 8.20. The monoisotopic (exact) mass is 499 g/mol. The van der Waals surface area contributed by atoms with E-state index in [1.807, 2.05) is 11.5 Å². The number of rotatable bonds is 9. The SMILES string of the molecule is CCOC(=O)Cc1csc(NC(=O)CSc2nnc(-c3ccc(Br)o3)n2CC)n1. The molecule has 3 rings (SSSR count). The minimum Gasteiger partial charge on any atom is -0.466 e. The molecule has 29 heavy (non-hydrogen) atoms. The summed E-state index contributed by atoms with van der Waals surface area (Å²) in [4.78, 5) is 28.0. The molecule has 0 aliphatic rings. The Labute approximate surface area is 183 Å². The summed E-state index contributed by atoms with van der Waals surface area (Å²) in [6, 6.07) is 3.59. The lowest BCUT2D eigenvalue weighted by molar-refractivity contribution is -0.142. The molecule has 9 nitrogen and oxygen atoms in total. The maximum Gasteiger partial charge on any atom is 0.311 e. The number of esters is 1. The van der Waals surface area contributed by atoms with Crippen LogP contribution in [0.15, 0.2) is 31.8 Å². The first-order valence-corrected chi connectivity index (χ1v) is 11.4. The van der Waals surface area contributed by atoms with Gasteiger partial charge in [-0.05, 0) is 41.9 Å². The van der Waals surface area contributed by atoms with Crippen molar-refractivity contribution in [3.8, 4) is 11.6 Å². The average Bonchev–Trinajstić information content (AvgIpc) is 3.40. The molecule has 154 valence electrons. The van der Waals surface area contributed by atoms with Gasteiger partial charge in [-0.15, -0.1) is 21.5 Å². The summed E-state index contributed by atoms with van der Waals surface area (Å²) in [5.41, 5.74) is 0.566. The van der Waals surface area contributed by atoms with Crippen molar-refractivity contribution in [2.75, 3.05) is 17.7 Å². The van der Waals surface area contributed by atoms with E-state index in [-0.39, 0.29) is 24.1 Å². The highest BCUT2D eigenvalue weighted by Gasteiger charge is 2.17. The second-order valence-electron chi connectivity index (χ2n) is 5.62. The number of furan rings is 1. The highest BCUT2D eigenvalue weighted by molar-refractivity contribution is 9.10. The van der Waals surface area contributed by atoms with Crippen molar-refractivity contribution in [1.82, 2.24) is 19.7 Å². The molecule has 0 unspecified atom stereocenters. The normalized spacial score (nSPS) is 10.9. The van der Waals surface area contributed by atoms with Crippen LogP contribution in [0.2, 0.25) is 0 Å². The molecule has 0 saturated carbocycles. The predicted octanol–water partition coefficient (Wildman–Crippen LogP) is 3.61. The van der Waals surface area contributed by atoms with E-state index in [1.54, 1.807) is 24.4 Å². The largest absolute Gasteiger partial charge is 0.466 e. The van der Waals surface area contributed by atoms with Crippen LogP contribution in [-0.4, -0.2) is 44.0 Å². The number of hydrogen-bond acceptors (Lipinski definition) is 9. The van der Waals surface area contributed by atoms with Gasteiger partial charge in [-0.1, -0.05) is 11.8 Å². The summed E-state index contributed by atoms with van der Waals surface area (Å²) in [6.07, 6.45) is 0.0836. The van der Waals surface area contributed by atoms with Crippen LogP contribution in [-0.2, 0) is 27.3 Å². The smallest absolute Gasteiger partial charge is 0.311 e. The maximum atomic E-state index is 12.3. The molecule has 0 aliphatic heterocycles. The van der Waals surface area contributed by atoms with Crippen molar-refractivity contribution in [3.63, 3.8) is 0 Å². The first-order valence-electron chi connectivity index (χ1n) is 8.71. The van der Waals surface area contributed by atoms with Gasteiger partial charge in [-0.25, -0.2) is 4.98 Å². The van der Waals surface area contributed by atoms with Crippen LogP contribution in [0.25, 0.3) is 11.6 Å². The zero-order chi connectivity index (χ0) is 20.8. The Morgan fingerprint density at radius 2 is 2.17 bits per heavy atom. The molecule has 1 amide bonds. The first kappa shape index (κ1) is 21.5. The molecule has 0 radical (unpaired) electrons. The lowest BCUT2D eigenvalue weighted by atomic mass is 10.3. The van der Waals surface area contributed by atoms with Gasteiger partial charge in [-0.2, -0.15) is 0 Å². The van der Waals surface area contributed by atoms with Crippen molar-refractivity contribution >= 4 is 56.0 Å². The number of halogens is 1. The summed E-state index contributed by atoms with van der Waals surface area (Å²) >= 11 is 5.81. The molecule has 0 fully saturated rings. The zero-order valence-corrected chi connectivity index (χ0v) is 18.9. The number of hydrogen-bond donors (Lipinski definition) is 1. The van der Waals surface area contributed by atoms with Gasteiger partial charge < -0.3 is 14.5 Å². The molecule has 1 N–H and O–H groups in total. The molecule has 0 atom stereocenters. The van der Waals surface area contributed by atoms with Crippen LogP contribution in [0.3, 0.4) is 0 Å². The Morgan fingerprint density at radius 3 is 2.86 bits per heavy atom. The number of amides is 1. The summed E-state index contributed by atoms with van der Waals surface area (Å²) in [5, 5.41) is 13.8. The van der Waals surface area contributed by atoms with Gasteiger partial charge in [0.1, 0.15) is 0 Å². The van der Waals surface area contributed by atoms with Crippen molar-refractivity contribution in [2.45, 2.75) is 32.0 Å². The van der Waals surface area contributed by atoms with E-state index in [0.717, 1.165) is 0 Å². The van der Waals surface area contributed by atoms with Gasteiger partial charge >= 0.3 is 5.97 Å². The van der Waals surface area contributed by atoms with Crippen LogP contribution in [0, 0.1) is 0 Å². The van der Waals surface area contributed by atoms with Crippen LogP contribution >= 0.6 is 39.0 Å². The Hall–Kier alpha value is -2.18. The Morgan fingerprint density at radius 1 is 1.34 bits per heavy atom. The number of anilines is 1. The van der Waals surface area contributed by atoms with E-state index in [0.29, 0.717) is 45.4 Å². The molecular weight excluding hydrogens is 482 g/mol. The molecule has 0 bridgehead atoms. The third kappa shape index (κ3) is 5.67. The van der Waals surface area contributed by atoms with Gasteiger partial charge in [0, 0.05) is 11.9 Å². The number of aromatic nitrogens is 4. The average molecular weight is 500 g/mol. The molecule has 0 spiro atoms. The zero-order valence-electron chi connectivity index (χ0n) is 15.7. The molecule has 0 aromatic carbocycles. The van der Waals surface area contributed by atoms with Crippen molar-refractivity contribution < 1.29 is 18.7 Å². The number of carbonyl (C=O) groups is 2. The van der Waals surface area contributed by atoms with Crippen LogP contribution in [0.5, 0.6) is 0 Å². The standard InChI is InChI=1S/C17H18BrN5O4S2/c1-3-23-15(11-5-6-12(18)27-11)21-22-17(23)29-9-13(24)20-16-19-10(8-28-16)7-14(25)26-4-2/h5-6,8H,3-4,7,9H2,1-2H3,(H,19,20,24). The van der Waals surface area contributed by atoms with Gasteiger partial charge in [0.25, 0.3) is 0 Å². The van der Waals surface area contributed by atoms with Gasteiger partial charge in [0.15, 0.2) is 20.7 Å². The first-order chi connectivity index (χ1) is 14.0. The molecule has 3 aromatic rings. The third-order valence-electron chi connectivity index (χ3n) is 3.59. The van der Waals surface area contributed by atoms with Gasteiger partial charge in [0.2, 0.25) is 11.7 Å². The number of ether oxygens (including phenoxy) is 1. The second kappa shape index (κ2) is 10.0. The molecule has 3 aromatic heterocycles. The lowest BCUT2D eigenvalue weighted by Gasteiger charge is -2.05. The summed E-state index contributed by atoms with van der Waals surface area (Å²) in [6.45, 7) is 4.67. The molecule has 0 saturated heterocycles. The highest BCUT2D eigenvalue weighted by atomic mass is 79.9. The van der Waals surface area contributed by atoms with Crippen molar-refractivity contribution in [1.29, 1.82) is 0 Å². The van der Waals surface area contributed by atoms with Crippen LogP contribution in [0.1, 0.15) is 19.5 Å². The van der Waals surface area contributed by atoms with E-state index in [4.69, 9.17) is 9.15 Å². The number of thioether (sulfide) groups is 1. The van der Waals surface area contributed by atoms with Gasteiger partial charge in [0.05, 0.1) is 24.5 Å². The fourth-order valence-electron chi connectivity index (χ4n) is 2.39. The fraction of sp³-hybridized carbons (Fsp3) is 0.353. The van der Waals surface area contributed by atoms with Crippen LogP contribution < -0.4 is 5.32 Å². The topological polar surface area (TPSA) is 112 Å². The quantitative estimate of drug-likeness (QED) is 0.350. The van der Waals surface area contributed by atoms with Crippen LogP contribution in [0.4, 0.5) is 5.13 Å². The predicted molar refractivity (Wildman–Crippen MR) is 113 cm³/mol. The number of nitrogens with zero attached hydrogens (tertiary/aromatic N) is 4. The molecular formula is C17H18BrN5O4S2. The van der Waals surface area contributed by atoms with E-state index in [2.05, 4.69) is 36.4 Å². The van der Waals surface area contributed by atoms with Crippen molar-refractivity contribution in [2.24, 2.45) is 0 Å². The van der Waals surface area contributed by atoms with E-state index in [9.17, 15) is 9.59 Å².